The molecule has 2 aromatic carbocycles. The summed E-state index contributed by atoms with van der Waals surface area (Å²) in [4.78, 5) is 41.3. The van der Waals surface area contributed by atoms with Crippen molar-refractivity contribution in [3.05, 3.63) is 146 Å². The van der Waals surface area contributed by atoms with Crippen molar-refractivity contribution in [3.63, 3.8) is 0 Å². The van der Waals surface area contributed by atoms with Crippen molar-refractivity contribution < 1.29 is 28.5 Å². The fourth-order valence-electron chi connectivity index (χ4n) is 5.23. The van der Waals surface area contributed by atoms with Crippen LogP contribution in [0.5, 0.6) is 0 Å². The molecule has 0 aliphatic heterocycles. The van der Waals surface area contributed by atoms with Gasteiger partial charge < -0.3 is 18.9 Å². The van der Waals surface area contributed by atoms with E-state index in [0.717, 1.165) is 55.6 Å². The maximum atomic E-state index is 12.4. The van der Waals surface area contributed by atoms with Crippen LogP contribution < -0.4 is 0 Å². The number of nitrogens with zero attached hydrogens (tertiary/aromatic N) is 4. The standard InChI is InChI=1S/C40H34N4O6/c45-39(49-25-29-19-35(31-1-9-41-10-2-31)23-36(20-29)32-3-11-42-12-4-32)27-47-17-18-48-28-40(46)50-26-30-21-37(33-5-13-43-14-6-33)24-38(22-30)34-7-15-44-16-8-34/h1-16,19-24H,17-18,25-28H2. The molecule has 0 radical (unpaired) electrons. The number of esters is 2. The van der Waals surface area contributed by atoms with Gasteiger partial charge in [0.25, 0.3) is 0 Å². The predicted molar refractivity (Wildman–Crippen MR) is 187 cm³/mol. The second-order valence-corrected chi connectivity index (χ2v) is 11.2. The summed E-state index contributed by atoms with van der Waals surface area (Å²) >= 11 is 0. The van der Waals surface area contributed by atoms with Crippen LogP contribution in [0.2, 0.25) is 0 Å². The largest absolute Gasteiger partial charge is 0.459 e. The summed E-state index contributed by atoms with van der Waals surface area (Å²) in [7, 11) is 0. The maximum absolute atomic E-state index is 12.4. The van der Waals surface area contributed by atoms with Crippen molar-refractivity contribution in [2.24, 2.45) is 0 Å². The molecule has 0 bridgehead atoms. The summed E-state index contributed by atoms with van der Waals surface area (Å²) in [5.74, 6) is -1.02. The van der Waals surface area contributed by atoms with Gasteiger partial charge in [-0.2, -0.15) is 0 Å². The molecule has 0 saturated carbocycles. The number of benzene rings is 2. The second-order valence-electron chi connectivity index (χ2n) is 11.2. The van der Waals surface area contributed by atoms with E-state index in [1.54, 1.807) is 49.6 Å². The van der Waals surface area contributed by atoms with Crippen LogP contribution in [-0.4, -0.2) is 58.3 Å². The third-order valence-electron chi connectivity index (χ3n) is 7.65. The van der Waals surface area contributed by atoms with Crippen molar-refractivity contribution >= 4 is 11.9 Å². The number of pyridine rings is 4. The second kappa shape index (κ2) is 17.3. The topological polar surface area (TPSA) is 123 Å². The van der Waals surface area contributed by atoms with Crippen LogP contribution in [0.1, 0.15) is 11.1 Å². The van der Waals surface area contributed by atoms with Gasteiger partial charge in [-0.1, -0.05) is 0 Å². The minimum absolute atomic E-state index is 0.0804. The zero-order valence-corrected chi connectivity index (χ0v) is 27.2. The van der Waals surface area contributed by atoms with E-state index in [1.807, 2.05) is 72.8 Å². The van der Waals surface area contributed by atoms with Crippen LogP contribution in [0.4, 0.5) is 0 Å². The van der Waals surface area contributed by atoms with Crippen LogP contribution in [-0.2, 0) is 41.8 Å². The Labute approximate surface area is 289 Å². The fraction of sp³-hybridized carbons (Fsp3) is 0.150. The predicted octanol–water partition coefficient (Wildman–Crippen LogP) is 6.75. The molecule has 0 unspecified atom stereocenters. The van der Waals surface area contributed by atoms with Gasteiger partial charge >= 0.3 is 11.9 Å². The average molecular weight is 667 g/mol. The summed E-state index contributed by atoms with van der Waals surface area (Å²) in [6, 6.07) is 27.5. The van der Waals surface area contributed by atoms with Crippen LogP contribution in [0, 0.1) is 0 Å². The lowest BCUT2D eigenvalue weighted by atomic mass is 9.97. The molecule has 0 aliphatic rings. The Kier molecular flexibility index (Phi) is 11.7. The summed E-state index contributed by atoms with van der Waals surface area (Å²) < 4.78 is 21.8. The lowest BCUT2D eigenvalue weighted by Crippen LogP contribution is -2.18. The summed E-state index contributed by atoms with van der Waals surface area (Å²) in [5, 5.41) is 0. The van der Waals surface area contributed by atoms with Crippen molar-refractivity contribution in [3.8, 4) is 44.5 Å². The van der Waals surface area contributed by atoms with E-state index in [2.05, 4.69) is 32.1 Å². The Balaban J connectivity index is 0.937. The van der Waals surface area contributed by atoms with Gasteiger partial charge in [0.05, 0.1) is 13.2 Å². The number of carbonyl (C=O) groups excluding carboxylic acids is 2. The average Bonchev–Trinajstić information content (AvgIpc) is 3.18. The number of hydrogen-bond donors (Lipinski definition) is 0. The molecule has 0 aliphatic carbocycles. The van der Waals surface area contributed by atoms with Crippen LogP contribution in [0.15, 0.2) is 135 Å². The molecule has 10 heteroatoms. The highest BCUT2D eigenvalue weighted by molar-refractivity contribution is 5.76. The highest BCUT2D eigenvalue weighted by atomic mass is 16.6. The highest BCUT2D eigenvalue weighted by Crippen LogP contribution is 2.29. The number of hydrogen-bond acceptors (Lipinski definition) is 10. The van der Waals surface area contributed by atoms with Crippen LogP contribution >= 0.6 is 0 Å². The van der Waals surface area contributed by atoms with Crippen LogP contribution in [0.3, 0.4) is 0 Å². The molecule has 0 spiro atoms. The van der Waals surface area contributed by atoms with E-state index in [-0.39, 0.29) is 39.6 Å². The normalized spacial score (nSPS) is 10.8. The zero-order chi connectivity index (χ0) is 34.4. The third kappa shape index (κ3) is 9.72. The molecule has 6 aromatic rings. The molecule has 6 rings (SSSR count). The number of carbonyl (C=O) groups is 2. The first-order chi connectivity index (χ1) is 24.6. The first-order valence-corrected chi connectivity index (χ1v) is 16.0. The zero-order valence-electron chi connectivity index (χ0n) is 27.2. The van der Waals surface area contributed by atoms with Gasteiger partial charge in [0.2, 0.25) is 0 Å². The van der Waals surface area contributed by atoms with Gasteiger partial charge in [-0.25, -0.2) is 9.59 Å². The minimum atomic E-state index is -0.510. The Morgan fingerprint density at radius 3 is 0.960 bits per heavy atom. The molecular weight excluding hydrogens is 632 g/mol. The van der Waals surface area contributed by atoms with Crippen LogP contribution in [0.25, 0.3) is 44.5 Å². The van der Waals surface area contributed by atoms with E-state index in [0.29, 0.717) is 0 Å². The van der Waals surface area contributed by atoms with Gasteiger partial charge in [-0.3, -0.25) is 19.9 Å². The Morgan fingerprint density at radius 2 is 0.680 bits per heavy atom. The Hall–Kier alpha value is -6.10. The molecule has 0 saturated heterocycles. The smallest absolute Gasteiger partial charge is 0.332 e. The molecule has 0 amide bonds. The monoisotopic (exact) mass is 666 g/mol. The first-order valence-electron chi connectivity index (χ1n) is 16.0. The minimum Gasteiger partial charge on any atom is -0.459 e. The number of aromatic nitrogens is 4. The molecule has 4 aromatic heterocycles. The highest BCUT2D eigenvalue weighted by Gasteiger charge is 2.11. The lowest BCUT2D eigenvalue weighted by molar-refractivity contribution is -0.154. The molecule has 0 N–H and O–H groups in total. The SMILES string of the molecule is O=C(COCCOCC(=O)OCc1cc(-c2ccncc2)cc(-c2ccncc2)c1)OCc1cc(-c2ccncc2)cc(-c2ccncc2)c1. The van der Waals surface area contributed by atoms with Gasteiger partial charge in [0, 0.05) is 49.6 Å². The van der Waals surface area contributed by atoms with Crippen molar-refractivity contribution in [2.45, 2.75) is 13.2 Å². The number of ether oxygens (including phenoxy) is 4. The molecule has 4 heterocycles. The third-order valence-corrected chi connectivity index (χ3v) is 7.65. The van der Waals surface area contributed by atoms with E-state index in [1.165, 1.54) is 0 Å². The maximum Gasteiger partial charge on any atom is 0.332 e. The van der Waals surface area contributed by atoms with Gasteiger partial charge in [-0.05, 0) is 141 Å². The van der Waals surface area contributed by atoms with E-state index in [9.17, 15) is 9.59 Å². The number of rotatable bonds is 15. The summed E-state index contributed by atoms with van der Waals surface area (Å²) in [5.41, 5.74) is 9.59. The van der Waals surface area contributed by atoms with E-state index in [4.69, 9.17) is 18.9 Å². The first kappa shape index (κ1) is 33.8. The molecular formula is C40H34N4O6. The van der Waals surface area contributed by atoms with E-state index >= 15 is 0 Å². The molecule has 10 nitrogen and oxygen atoms in total. The van der Waals surface area contributed by atoms with Crippen molar-refractivity contribution in [1.82, 2.24) is 19.9 Å². The van der Waals surface area contributed by atoms with Crippen molar-refractivity contribution in [1.29, 1.82) is 0 Å². The fourth-order valence-corrected chi connectivity index (χ4v) is 5.23. The van der Waals surface area contributed by atoms with E-state index < -0.39 is 11.9 Å². The Morgan fingerprint density at radius 1 is 0.400 bits per heavy atom. The Bertz CT molecular complexity index is 1730. The summed E-state index contributed by atoms with van der Waals surface area (Å²) in [6.07, 6.45) is 13.9. The summed E-state index contributed by atoms with van der Waals surface area (Å²) in [6.45, 7) is -0.121. The van der Waals surface area contributed by atoms with Crippen molar-refractivity contribution in [2.75, 3.05) is 26.4 Å². The molecule has 0 atom stereocenters. The molecule has 250 valence electrons. The van der Waals surface area contributed by atoms with Gasteiger partial charge in [-0.15, -0.1) is 0 Å². The van der Waals surface area contributed by atoms with Gasteiger partial charge in [0.1, 0.15) is 26.4 Å². The molecule has 0 fully saturated rings. The van der Waals surface area contributed by atoms with Gasteiger partial charge in [0.15, 0.2) is 0 Å². The molecule has 50 heavy (non-hydrogen) atoms. The quantitative estimate of drug-likeness (QED) is 0.0859. The lowest BCUT2D eigenvalue weighted by Gasteiger charge is -2.12.